The molecule has 0 radical (unpaired) electrons. The number of alkyl halides is 3. The number of halogens is 3. The number of aliphatic carboxylic acids is 1. The minimum absolute atomic E-state index is 0.0228. The van der Waals surface area contributed by atoms with Crippen molar-refractivity contribution in [2.45, 2.75) is 203 Å². The predicted molar refractivity (Wildman–Crippen MR) is 342 cm³/mol. The van der Waals surface area contributed by atoms with Crippen LogP contribution in [0.15, 0.2) is 24.3 Å². The number of fused-ring (bicyclic) bond motifs is 3. The summed E-state index contributed by atoms with van der Waals surface area (Å²) in [5.74, 6) is -11.4. The molecule has 12 amide bonds. The van der Waals surface area contributed by atoms with Crippen molar-refractivity contribution < 1.29 is 85.3 Å². The van der Waals surface area contributed by atoms with E-state index in [1.807, 2.05) is 0 Å². The Morgan fingerprint density at radius 1 is 0.698 bits per heavy atom. The molecule has 3 heterocycles. The van der Waals surface area contributed by atoms with E-state index >= 15 is 14.4 Å². The van der Waals surface area contributed by atoms with Crippen LogP contribution >= 0.6 is 0 Å². The van der Waals surface area contributed by atoms with Gasteiger partial charge in [0.15, 0.2) is 0 Å². The largest absolute Gasteiger partial charge is 0.481 e. The molecule has 3 aliphatic heterocycles. The van der Waals surface area contributed by atoms with Gasteiger partial charge < -0.3 is 69.9 Å². The zero-order chi connectivity index (χ0) is 71.4. The summed E-state index contributed by atoms with van der Waals surface area (Å²) in [4.78, 5) is 200. The van der Waals surface area contributed by atoms with Crippen LogP contribution in [0.1, 0.15) is 142 Å². The number of ether oxygens (including phenoxy) is 1. The first-order valence-electron chi connectivity index (χ1n) is 33.4. The van der Waals surface area contributed by atoms with Gasteiger partial charge in [0, 0.05) is 95.3 Å². The molecule has 6 rings (SSSR count). The molecule has 4 N–H and O–H groups in total. The summed E-state index contributed by atoms with van der Waals surface area (Å²) in [6.45, 7) is 5.26. The number of benzene rings is 1. The van der Waals surface area contributed by atoms with E-state index in [1.165, 1.54) is 71.1 Å². The SMILES string of the molecule is CCO[C@@H]1C[C@H]2C(=O)NC3(CCC3)C(=O)N(C)[C@@H](C3CCCC3)C(=O)N(C)[C@H](C(=O)N(C)C)CC(=O)N(C)[C@@H](CC)C(=O)NC([C@@H](C)CC)C(=O)N(C)CC(=O)N(C)[C@H]3CCCCN(C3=O)[C@@H](Cc3ccc(C(F)(F)F)cc3)C(=O)N(C)CC(=O)N[C@@H](CCC(=O)O)C(=O)N2C1. The van der Waals surface area contributed by atoms with E-state index in [4.69, 9.17) is 4.74 Å². The fourth-order valence-electron chi connectivity index (χ4n) is 13.8. The first-order chi connectivity index (χ1) is 45.1. The summed E-state index contributed by atoms with van der Waals surface area (Å²) in [6, 6.07) is -7.00. The molecule has 0 aromatic heterocycles. The van der Waals surface area contributed by atoms with Crippen molar-refractivity contribution in [2.75, 3.05) is 89.2 Å². The number of carbonyl (C=O) groups is 13. The second kappa shape index (κ2) is 33.4. The quantitative estimate of drug-likeness (QED) is 0.232. The number of hydrogen-bond acceptors (Lipinski definition) is 14. The molecule has 5 fully saturated rings. The summed E-state index contributed by atoms with van der Waals surface area (Å²) in [5, 5.41) is 18.2. The van der Waals surface area contributed by atoms with Gasteiger partial charge in [0.2, 0.25) is 70.9 Å². The molecule has 1 aromatic carbocycles. The first-order valence-corrected chi connectivity index (χ1v) is 33.4. The van der Waals surface area contributed by atoms with Crippen LogP contribution in [0, 0.1) is 11.8 Å². The second-order valence-corrected chi connectivity index (χ2v) is 26.8. The summed E-state index contributed by atoms with van der Waals surface area (Å²) >= 11 is 0. The number of carbonyl (C=O) groups excluding carboxylic acids is 12. The smallest absolute Gasteiger partial charge is 0.416 e. The minimum atomic E-state index is -4.72. The number of hydrogen-bond donors (Lipinski definition) is 4. The number of carboxylic acids is 1. The van der Waals surface area contributed by atoms with Gasteiger partial charge in [-0.1, -0.05) is 52.2 Å². The summed E-state index contributed by atoms with van der Waals surface area (Å²) in [6.07, 6.45) is -3.47. The zero-order valence-electron chi connectivity index (χ0n) is 57.5. The molecule has 27 nitrogen and oxygen atoms in total. The lowest BCUT2D eigenvalue weighted by Crippen LogP contribution is -2.68. The Kier molecular flexibility index (Phi) is 26.8. The van der Waals surface area contributed by atoms with E-state index in [0.29, 0.717) is 44.9 Å². The highest BCUT2D eigenvalue weighted by Gasteiger charge is 2.54. The van der Waals surface area contributed by atoms with Gasteiger partial charge in [0.1, 0.15) is 53.9 Å². The van der Waals surface area contributed by atoms with E-state index in [2.05, 4.69) is 16.0 Å². The van der Waals surface area contributed by atoms with Gasteiger partial charge >= 0.3 is 12.1 Å². The molecular weight excluding hydrogens is 1260 g/mol. The number of carboxylic acid groups (broad SMARTS) is 1. The number of nitrogens with one attached hydrogen (secondary N) is 3. The van der Waals surface area contributed by atoms with Crippen LogP contribution in [-0.2, 0) is 79.7 Å². The summed E-state index contributed by atoms with van der Waals surface area (Å²) < 4.78 is 47.4. The van der Waals surface area contributed by atoms with E-state index in [1.54, 1.807) is 27.7 Å². The highest BCUT2D eigenvalue weighted by molar-refractivity contribution is 6.01. The Hall–Kier alpha value is -7.92. The number of nitrogens with zero attached hydrogens (tertiary/aromatic N) is 9. The van der Waals surface area contributed by atoms with Crippen molar-refractivity contribution in [1.82, 2.24) is 60.0 Å². The van der Waals surface area contributed by atoms with Crippen molar-refractivity contribution >= 4 is 76.9 Å². The average Bonchev–Trinajstić information content (AvgIpc) is 1.04. The lowest BCUT2D eigenvalue weighted by Gasteiger charge is -2.46. The maximum atomic E-state index is 15.3. The number of rotatable bonds is 12. The maximum Gasteiger partial charge on any atom is 0.416 e. The molecule has 10 atom stereocenters. The lowest BCUT2D eigenvalue weighted by atomic mass is 9.74. The Balaban J connectivity index is 1.44. The van der Waals surface area contributed by atoms with Gasteiger partial charge in [0.05, 0.1) is 31.2 Å². The molecule has 1 aromatic rings. The van der Waals surface area contributed by atoms with Crippen LogP contribution < -0.4 is 16.0 Å². The van der Waals surface area contributed by atoms with Gasteiger partial charge in [-0.05, 0) is 101 Å². The highest BCUT2D eigenvalue weighted by Crippen LogP contribution is 2.39. The predicted octanol–water partition coefficient (Wildman–Crippen LogP) is 1.87. The normalized spacial score (nSPS) is 27.3. The Morgan fingerprint density at radius 2 is 1.32 bits per heavy atom. The molecule has 5 aliphatic rings. The molecule has 2 aliphatic carbocycles. The molecule has 1 unspecified atom stereocenters. The third-order valence-corrected chi connectivity index (χ3v) is 20.0. The van der Waals surface area contributed by atoms with Crippen LogP contribution in [0.5, 0.6) is 0 Å². The minimum Gasteiger partial charge on any atom is -0.481 e. The van der Waals surface area contributed by atoms with Gasteiger partial charge in [-0.2, -0.15) is 13.2 Å². The Bertz CT molecular complexity index is 3030. The molecule has 3 saturated heterocycles. The van der Waals surface area contributed by atoms with Crippen molar-refractivity contribution in [2.24, 2.45) is 11.8 Å². The highest BCUT2D eigenvalue weighted by atomic mass is 19.4. The van der Waals surface area contributed by atoms with Gasteiger partial charge in [0.25, 0.3) is 0 Å². The second-order valence-electron chi connectivity index (χ2n) is 26.8. The van der Waals surface area contributed by atoms with E-state index in [9.17, 15) is 66.2 Å². The molecule has 2 saturated carbocycles. The van der Waals surface area contributed by atoms with Crippen LogP contribution in [-0.4, -0.2) is 275 Å². The van der Waals surface area contributed by atoms with Gasteiger partial charge in [-0.3, -0.25) is 62.3 Å². The van der Waals surface area contributed by atoms with Crippen LogP contribution in [0.4, 0.5) is 13.2 Å². The Morgan fingerprint density at radius 3 is 1.89 bits per heavy atom. The summed E-state index contributed by atoms with van der Waals surface area (Å²) in [7, 11) is 11.0. The molecule has 1 spiro atoms. The number of amides is 12. The third-order valence-electron chi connectivity index (χ3n) is 20.0. The van der Waals surface area contributed by atoms with Crippen LogP contribution in [0.25, 0.3) is 0 Å². The lowest BCUT2D eigenvalue weighted by molar-refractivity contribution is -0.157. The zero-order valence-corrected chi connectivity index (χ0v) is 57.5. The van der Waals surface area contributed by atoms with Crippen molar-refractivity contribution in [3.8, 4) is 0 Å². The fraction of sp³-hybridized carbons (Fsp3) is 0.712. The van der Waals surface area contributed by atoms with E-state index in [0.717, 1.165) is 53.7 Å². The monoisotopic (exact) mass is 1360 g/mol. The average molecular weight is 1360 g/mol. The Labute approximate surface area is 559 Å². The molecule has 30 heteroatoms. The third kappa shape index (κ3) is 18.2. The van der Waals surface area contributed by atoms with Gasteiger partial charge in [-0.15, -0.1) is 0 Å². The summed E-state index contributed by atoms with van der Waals surface area (Å²) in [5.41, 5.74) is -2.41. The number of likely N-dealkylation sites (N-methyl/N-ethyl adjacent to an activating group) is 7. The van der Waals surface area contributed by atoms with Crippen molar-refractivity contribution in [1.29, 1.82) is 0 Å². The van der Waals surface area contributed by atoms with E-state index in [-0.39, 0.29) is 70.2 Å². The topological polar surface area (TPSA) is 317 Å². The first kappa shape index (κ1) is 77.1. The van der Waals surface area contributed by atoms with Crippen LogP contribution in [0.3, 0.4) is 0 Å². The molecule has 534 valence electrons. The maximum absolute atomic E-state index is 15.3. The van der Waals surface area contributed by atoms with Crippen molar-refractivity contribution in [3.05, 3.63) is 35.4 Å². The standard InChI is InChI=1S/C66H99F3N12O15/c1-13-39(4)54-62(93)75(8)38-52(84)77(10)46-23-18-19-32-80(61(46)92)49(33-40-24-26-42(27-25-40)66(67,68)69)60(91)74(7)37-50(82)70-44(28-29-53(85)86)58(89)81-36-43(96-15-3)34-47(81)57(88)72-65(30-20-31-65)64(95)79(12)55(41-21-16-17-22-41)63(94)78(11)48(59(90)73(5)6)35-51(83)76(9)45(14-2)56(87)71-54/h24-27,39,41,43-49,54-55H,13-23,28-38H2,1-12H3,(H,70,82)(H,71,87)(H,72,88)(H,85,86)/t39-,43+,44-,45-,46-,47-,48-,49-,54?,55-/m0/s1. The van der Waals surface area contributed by atoms with Crippen molar-refractivity contribution in [3.63, 3.8) is 0 Å². The molecular formula is C66H99F3N12O15. The van der Waals surface area contributed by atoms with Crippen LogP contribution in [0.2, 0.25) is 0 Å². The molecule has 96 heavy (non-hydrogen) atoms. The van der Waals surface area contributed by atoms with E-state index < -0.39 is 193 Å². The van der Waals surface area contributed by atoms with Gasteiger partial charge in [-0.25, -0.2) is 0 Å². The molecule has 2 bridgehead atoms. The fourth-order valence-corrected chi connectivity index (χ4v) is 13.8.